The van der Waals surface area contributed by atoms with Gasteiger partial charge in [-0.1, -0.05) is 0 Å². The molecule has 2 amide bonds. The second-order valence-corrected chi connectivity index (χ2v) is 4.31. The van der Waals surface area contributed by atoms with Crippen molar-refractivity contribution in [3.05, 3.63) is 16.8 Å². The second kappa shape index (κ2) is 5.50. The molecule has 88 valence electrons. The third kappa shape index (κ3) is 3.54. The summed E-state index contributed by atoms with van der Waals surface area (Å²) in [5, 5.41) is 17.6. The van der Waals surface area contributed by atoms with Crippen molar-refractivity contribution >= 4 is 29.0 Å². The van der Waals surface area contributed by atoms with Gasteiger partial charge in [0.15, 0.2) is 0 Å². The predicted octanol–water partition coefficient (Wildman–Crippen LogP) is 1.98. The number of nitrogens with one attached hydrogen (secondary N) is 2. The minimum Gasteiger partial charge on any atom is -0.481 e. The fourth-order valence-electron chi connectivity index (χ4n) is 1.05. The van der Waals surface area contributed by atoms with Crippen LogP contribution in [0, 0.1) is 5.92 Å². The van der Waals surface area contributed by atoms with Crippen molar-refractivity contribution in [2.75, 3.05) is 5.32 Å². The molecule has 0 aliphatic rings. The molecule has 0 aliphatic carbocycles. The van der Waals surface area contributed by atoms with Crippen molar-refractivity contribution in [2.24, 2.45) is 5.92 Å². The van der Waals surface area contributed by atoms with Crippen LogP contribution in [0.25, 0.3) is 0 Å². The zero-order valence-electron chi connectivity index (χ0n) is 9.06. The molecule has 6 heteroatoms. The van der Waals surface area contributed by atoms with Crippen molar-refractivity contribution in [3.63, 3.8) is 0 Å². The number of aliphatic carboxylic acids is 1. The van der Waals surface area contributed by atoms with E-state index in [1.54, 1.807) is 25.3 Å². The molecule has 0 aliphatic heterocycles. The van der Waals surface area contributed by atoms with E-state index in [2.05, 4.69) is 10.6 Å². The first-order chi connectivity index (χ1) is 7.50. The summed E-state index contributed by atoms with van der Waals surface area (Å²) in [6.07, 6.45) is 0. The summed E-state index contributed by atoms with van der Waals surface area (Å²) in [5.74, 6) is -1.54. The van der Waals surface area contributed by atoms with Gasteiger partial charge in [-0.25, -0.2) is 4.79 Å². The Morgan fingerprint density at radius 3 is 2.62 bits per heavy atom. The van der Waals surface area contributed by atoms with E-state index >= 15 is 0 Å². The minimum absolute atomic E-state index is 0.390. The summed E-state index contributed by atoms with van der Waals surface area (Å²) in [7, 11) is 0. The number of hydrogen-bond donors (Lipinski definition) is 3. The van der Waals surface area contributed by atoms with Crippen molar-refractivity contribution in [3.8, 4) is 0 Å². The zero-order chi connectivity index (χ0) is 12.1. The monoisotopic (exact) mass is 242 g/mol. The fourth-order valence-corrected chi connectivity index (χ4v) is 1.64. The van der Waals surface area contributed by atoms with E-state index in [4.69, 9.17) is 5.11 Å². The molecule has 0 saturated carbocycles. The summed E-state index contributed by atoms with van der Waals surface area (Å²) in [4.78, 5) is 22.1. The molecule has 0 radical (unpaired) electrons. The molecule has 1 aromatic heterocycles. The van der Waals surface area contributed by atoms with Gasteiger partial charge in [0.05, 0.1) is 11.6 Å². The lowest BCUT2D eigenvalue weighted by molar-refractivity contribution is -0.141. The van der Waals surface area contributed by atoms with Crippen LogP contribution in [-0.2, 0) is 4.79 Å². The van der Waals surface area contributed by atoms with Crippen molar-refractivity contribution < 1.29 is 14.7 Å². The first-order valence-electron chi connectivity index (χ1n) is 4.83. The molecular formula is C10H14N2O3S. The molecule has 1 aromatic rings. The van der Waals surface area contributed by atoms with E-state index in [0.29, 0.717) is 5.69 Å². The van der Waals surface area contributed by atoms with Crippen LogP contribution in [0.5, 0.6) is 0 Å². The Kier molecular flexibility index (Phi) is 4.30. The van der Waals surface area contributed by atoms with E-state index in [9.17, 15) is 9.59 Å². The molecule has 1 rings (SSSR count). The highest BCUT2D eigenvalue weighted by atomic mass is 32.1. The molecule has 0 bridgehead atoms. The highest BCUT2D eigenvalue weighted by Gasteiger charge is 2.20. The number of hydrogen-bond acceptors (Lipinski definition) is 3. The Morgan fingerprint density at radius 2 is 2.12 bits per heavy atom. The number of carboxylic acids is 1. The van der Waals surface area contributed by atoms with Crippen LogP contribution in [0.1, 0.15) is 13.8 Å². The quantitative estimate of drug-likeness (QED) is 0.755. The second-order valence-electron chi connectivity index (χ2n) is 3.53. The molecule has 16 heavy (non-hydrogen) atoms. The third-order valence-corrected chi connectivity index (χ3v) is 2.96. The van der Waals surface area contributed by atoms with Crippen LogP contribution in [0.2, 0.25) is 0 Å². The van der Waals surface area contributed by atoms with Gasteiger partial charge in [-0.3, -0.25) is 4.79 Å². The number of rotatable bonds is 4. The maximum absolute atomic E-state index is 11.4. The van der Waals surface area contributed by atoms with Gasteiger partial charge in [-0.15, -0.1) is 0 Å². The van der Waals surface area contributed by atoms with E-state index in [-0.39, 0.29) is 6.03 Å². The topological polar surface area (TPSA) is 78.4 Å². The minimum atomic E-state index is -0.927. The van der Waals surface area contributed by atoms with E-state index in [1.807, 2.05) is 5.38 Å². The normalized spacial score (nSPS) is 13.9. The summed E-state index contributed by atoms with van der Waals surface area (Å²) in [6.45, 7) is 3.21. The first kappa shape index (κ1) is 12.5. The lowest BCUT2D eigenvalue weighted by Crippen LogP contribution is -2.42. The average Bonchev–Trinajstić information content (AvgIpc) is 2.68. The Labute approximate surface area is 97.5 Å². The highest BCUT2D eigenvalue weighted by molar-refractivity contribution is 7.08. The Bertz CT molecular complexity index is 364. The Hall–Kier alpha value is -1.56. The Balaban J connectivity index is 2.42. The van der Waals surface area contributed by atoms with Crippen LogP contribution in [-0.4, -0.2) is 23.1 Å². The number of amides is 2. The molecule has 5 nitrogen and oxygen atoms in total. The van der Waals surface area contributed by atoms with E-state index in [0.717, 1.165) is 0 Å². The van der Waals surface area contributed by atoms with E-state index in [1.165, 1.54) is 11.3 Å². The molecule has 1 heterocycles. The van der Waals surface area contributed by atoms with Gasteiger partial charge in [-0.2, -0.15) is 11.3 Å². The van der Waals surface area contributed by atoms with Gasteiger partial charge in [0, 0.05) is 11.4 Å². The number of carboxylic acid groups (broad SMARTS) is 1. The molecule has 0 aromatic carbocycles. The van der Waals surface area contributed by atoms with Crippen LogP contribution in [0.15, 0.2) is 16.8 Å². The third-order valence-electron chi connectivity index (χ3n) is 2.28. The SMILES string of the molecule is CC(NC(=O)Nc1ccsc1)C(C)C(=O)O. The first-order valence-corrected chi connectivity index (χ1v) is 5.77. The molecule has 3 N–H and O–H groups in total. The average molecular weight is 242 g/mol. The van der Waals surface area contributed by atoms with Crippen LogP contribution in [0.3, 0.4) is 0 Å². The fraction of sp³-hybridized carbons (Fsp3) is 0.400. The van der Waals surface area contributed by atoms with Crippen LogP contribution >= 0.6 is 11.3 Å². The van der Waals surface area contributed by atoms with Crippen molar-refractivity contribution in [1.29, 1.82) is 0 Å². The lowest BCUT2D eigenvalue weighted by Gasteiger charge is -2.17. The maximum atomic E-state index is 11.4. The number of thiophene rings is 1. The van der Waals surface area contributed by atoms with Crippen LogP contribution in [0.4, 0.5) is 10.5 Å². The molecule has 0 saturated heterocycles. The van der Waals surface area contributed by atoms with Crippen molar-refractivity contribution in [1.82, 2.24) is 5.32 Å². The smallest absolute Gasteiger partial charge is 0.319 e. The van der Waals surface area contributed by atoms with Gasteiger partial charge in [-0.05, 0) is 25.3 Å². The van der Waals surface area contributed by atoms with Crippen LogP contribution < -0.4 is 10.6 Å². The summed E-state index contributed by atoms with van der Waals surface area (Å²) in [5.41, 5.74) is 0.706. The standard InChI is InChI=1S/C10H14N2O3S/c1-6(9(13)14)7(2)11-10(15)12-8-3-4-16-5-8/h3-7H,1-2H3,(H,13,14)(H2,11,12,15). The molecular weight excluding hydrogens is 228 g/mol. The largest absolute Gasteiger partial charge is 0.481 e. The maximum Gasteiger partial charge on any atom is 0.319 e. The Morgan fingerprint density at radius 1 is 1.44 bits per heavy atom. The summed E-state index contributed by atoms with van der Waals surface area (Å²) in [6, 6.07) is 0.963. The van der Waals surface area contributed by atoms with Gasteiger partial charge in [0.1, 0.15) is 0 Å². The van der Waals surface area contributed by atoms with Gasteiger partial charge in [0.2, 0.25) is 0 Å². The summed E-state index contributed by atoms with van der Waals surface area (Å²) >= 11 is 1.48. The number of carbonyl (C=O) groups is 2. The lowest BCUT2D eigenvalue weighted by atomic mass is 10.0. The zero-order valence-corrected chi connectivity index (χ0v) is 9.88. The molecule has 2 unspecified atom stereocenters. The number of urea groups is 1. The molecule has 0 spiro atoms. The molecule has 2 atom stereocenters. The number of anilines is 1. The van der Waals surface area contributed by atoms with Gasteiger partial charge >= 0.3 is 12.0 Å². The highest BCUT2D eigenvalue weighted by Crippen LogP contribution is 2.11. The van der Waals surface area contributed by atoms with E-state index < -0.39 is 17.9 Å². The summed E-state index contributed by atoms with van der Waals surface area (Å²) < 4.78 is 0. The predicted molar refractivity (Wildman–Crippen MR) is 62.7 cm³/mol. The van der Waals surface area contributed by atoms with Crippen molar-refractivity contribution in [2.45, 2.75) is 19.9 Å². The molecule has 0 fully saturated rings. The van der Waals surface area contributed by atoms with Gasteiger partial charge in [0.25, 0.3) is 0 Å². The van der Waals surface area contributed by atoms with Gasteiger partial charge < -0.3 is 15.7 Å². The number of carbonyl (C=O) groups excluding carboxylic acids is 1.